The maximum Gasteiger partial charge on any atom is 0.0667 e. The molecule has 21 rings (SSSR count). The zero-order valence-corrected chi connectivity index (χ0v) is 63.7. The summed E-state index contributed by atoms with van der Waals surface area (Å²) < 4.78 is 256. The molecule has 0 fully saturated rings. The van der Waals surface area contributed by atoms with Crippen molar-refractivity contribution in [3.63, 3.8) is 0 Å². The fraction of sp³-hybridized carbons (Fsp3) is 0.138. The van der Waals surface area contributed by atoms with Gasteiger partial charge in [0.05, 0.1) is 79.4 Å². The van der Waals surface area contributed by atoms with E-state index in [1.54, 1.807) is 30.3 Å². The average Bonchev–Trinajstić information content (AvgIpc) is 1.26. The van der Waals surface area contributed by atoms with Crippen LogP contribution >= 0.6 is 0 Å². The van der Waals surface area contributed by atoms with Gasteiger partial charge in [-0.05, 0) is 190 Å². The summed E-state index contributed by atoms with van der Waals surface area (Å²) >= 11 is 0. The Morgan fingerprint density at radius 2 is 0.681 bits per heavy atom. The molecule has 0 spiro atoms. The Hall–Kier alpha value is -13.0. The summed E-state index contributed by atoms with van der Waals surface area (Å²) in [5, 5.41) is -0.398. The molecule has 0 N–H and O–H groups in total. The second kappa shape index (κ2) is 25.8. The van der Waals surface area contributed by atoms with Crippen molar-refractivity contribution in [3.8, 4) is 100 Å². The van der Waals surface area contributed by atoms with Crippen LogP contribution in [-0.2, 0) is 29.1 Å². The highest BCUT2D eigenvalue weighted by molar-refractivity contribution is 6.09. The van der Waals surface area contributed by atoms with Crippen LogP contribution in [0.25, 0.3) is 122 Å². The van der Waals surface area contributed by atoms with Crippen molar-refractivity contribution in [1.82, 2.24) is 9.13 Å². The third kappa shape index (κ3) is 11.0. The van der Waals surface area contributed by atoms with Gasteiger partial charge in [0.1, 0.15) is 0 Å². The number of rotatable bonds is 10. The van der Waals surface area contributed by atoms with Crippen molar-refractivity contribution < 1.29 is 34.3 Å². The van der Waals surface area contributed by atoms with Crippen LogP contribution < -0.4 is 9.80 Å². The Kier molecular flexibility index (Phi) is 10.6. The number of nitrogens with zero attached hydrogens (tertiary/aromatic N) is 4. The highest BCUT2D eigenvalue weighted by Crippen LogP contribution is 2.66. The molecule has 1 unspecified atom stereocenters. The quantitative estimate of drug-likeness (QED) is 0.136. The molecule has 113 heavy (non-hydrogen) atoms. The van der Waals surface area contributed by atoms with Gasteiger partial charge in [-0.25, -0.2) is 0 Å². The van der Waals surface area contributed by atoms with Gasteiger partial charge < -0.3 is 18.9 Å². The van der Waals surface area contributed by atoms with Crippen LogP contribution in [0.3, 0.4) is 0 Å². The number of aromatic nitrogens is 2. The summed E-state index contributed by atoms with van der Waals surface area (Å²) in [4.78, 5) is 3.91. The van der Waals surface area contributed by atoms with Crippen LogP contribution in [0, 0.1) is 0 Å². The minimum atomic E-state index is -1.63. The monoisotopic (exact) mass is 1480 g/mol. The fourth-order valence-electron chi connectivity index (χ4n) is 17.2. The van der Waals surface area contributed by atoms with Gasteiger partial charge in [0.25, 0.3) is 0 Å². The number of fused-ring (bicyclic) bond motifs is 14. The van der Waals surface area contributed by atoms with Crippen LogP contribution in [0.4, 0.5) is 34.1 Å². The number of para-hydroxylation sites is 2. The summed E-state index contributed by atoms with van der Waals surface area (Å²) in [5.41, 5.74) is 5.21. The maximum atomic E-state index is 12.1. The summed E-state index contributed by atoms with van der Waals surface area (Å²) in [6.45, 7) is 18.8. The van der Waals surface area contributed by atoms with Gasteiger partial charge in [0.2, 0.25) is 0 Å². The lowest BCUT2D eigenvalue weighted by Gasteiger charge is -2.47. The molecular weight excluding hydrogens is 1370 g/mol. The molecule has 0 saturated carbocycles. The van der Waals surface area contributed by atoms with Gasteiger partial charge in [0, 0.05) is 91.2 Å². The third-order valence-electron chi connectivity index (χ3n) is 22.8. The zero-order valence-electron chi connectivity index (χ0n) is 88.7. The van der Waals surface area contributed by atoms with Crippen LogP contribution in [0.5, 0.6) is 0 Å². The molecule has 544 valence electrons. The lowest BCUT2D eigenvalue weighted by atomic mass is 9.73. The molecule has 4 heteroatoms. The van der Waals surface area contributed by atoms with E-state index in [9.17, 15) is 30.2 Å². The van der Waals surface area contributed by atoms with Crippen molar-refractivity contribution in [3.05, 3.63) is 395 Å². The van der Waals surface area contributed by atoms with Gasteiger partial charge in [-0.3, -0.25) is 0 Å². The molecule has 15 aromatic carbocycles. The molecule has 17 aromatic rings. The van der Waals surface area contributed by atoms with E-state index in [-0.39, 0.29) is 125 Å². The first-order valence-electron chi connectivity index (χ1n) is 50.7. The van der Waals surface area contributed by atoms with Crippen LogP contribution in [0.1, 0.15) is 158 Å². The molecule has 0 radical (unpaired) electrons. The Bertz CT molecular complexity index is 7980. The Labute approximate surface area is 699 Å². The third-order valence-corrected chi connectivity index (χ3v) is 22.8. The summed E-state index contributed by atoms with van der Waals surface area (Å²) in [5.74, 6) is -1.63. The first-order valence-corrected chi connectivity index (χ1v) is 38.2. The van der Waals surface area contributed by atoms with Crippen LogP contribution in [-0.4, -0.2) is 9.13 Å². The van der Waals surface area contributed by atoms with Crippen LogP contribution in [0.15, 0.2) is 339 Å². The van der Waals surface area contributed by atoms with Gasteiger partial charge in [0.15, 0.2) is 0 Å². The van der Waals surface area contributed by atoms with Gasteiger partial charge in [-0.15, -0.1) is 0 Å². The Morgan fingerprint density at radius 3 is 1.12 bits per heavy atom. The largest absolute Gasteiger partial charge is 0.313 e. The van der Waals surface area contributed by atoms with Crippen molar-refractivity contribution in [2.24, 2.45) is 0 Å². The minimum absolute atomic E-state index is 0.0256. The molecule has 4 nitrogen and oxygen atoms in total. The van der Waals surface area contributed by atoms with Crippen LogP contribution in [0.2, 0.25) is 0 Å². The molecular formula is C109H88N4. The standard InChI is InChI=1S/C109H88N4/c1-107(2,3)78-60-89(70-36-20-12-21-37-70)105(90(61-78)71-38-22-13-23-39-71)112-95-66-81(110-94-47-31-29-45-85(94)102-88-57-75(69-34-18-11-19-35-69)48-49-76(88)58-97(102)110)51-54-86(95)103-87-55-52-82(111-93-46-30-28-44-84(93)101-83-53-50-74(56-77(83)59-98(101)111)68-32-16-10-17-33-68)67-96(87)113(100-65-80(109(7,8)9)64-99(112)104(100)103)106-91(72-40-24-14-25-41-72)62-79(108(4,5)6)63-92(106)73-42-26-15-27-43-73/h10-57,60-67,103H,58-59H2,1-9H3/i11D,18D,19D,28D,29D,30D,31D,34D,35D,44D,45D,46D,47D,48D,49D,50D,51D,52D,53D,54D,55D,56D,57D,66D,67D. The van der Waals surface area contributed by atoms with Crippen molar-refractivity contribution >= 4 is 55.9 Å². The first kappa shape index (κ1) is 46.6. The maximum absolute atomic E-state index is 12.1. The van der Waals surface area contributed by atoms with E-state index in [0.29, 0.717) is 83.9 Å². The summed E-state index contributed by atoms with van der Waals surface area (Å²) in [7, 11) is 0. The molecule has 0 saturated heterocycles. The molecule has 1 atom stereocenters. The Balaban J connectivity index is 0.984. The topological polar surface area (TPSA) is 16.3 Å². The lowest BCUT2D eigenvalue weighted by molar-refractivity contribution is 0.589. The number of hydrogen-bond acceptors (Lipinski definition) is 2. The first-order chi connectivity index (χ1) is 65.4. The van der Waals surface area contributed by atoms with Gasteiger partial charge in [-0.1, -0.05) is 323 Å². The molecule has 4 aliphatic rings. The van der Waals surface area contributed by atoms with Crippen molar-refractivity contribution in [1.29, 1.82) is 0 Å². The second-order valence-electron chi connectivity index (χ2n) is 32.7. The number of hydrogen-bond donors (Lipinski definition) is 0. The summed E-state index contributed by atoms with van der Waals surface area (Å²) in [6.07, 6.45) is -0.757. The van der Waals surface area contributed by atoms with Crippen molar-refractivity contribution in [2.45, 2.75) is 97.3 Å². The van der Waals surface area contributed by atoms with E-state index in [4.69, 9.17) is 4.11 Å². The second-order valence-corrected chi connectivity index (χ2v) is 32.7. The van der Waals surface area contributed by atoms with Crippen molar-refractivity contribution in [2.75, 3.05) is 9.80 Å². The molecule has 0 amide bonds. The SMILES string of the molecule is [2H]c1c([2H])c([2H])c(-c2c([2H])c([2H])c3c(c2[2H])-c2c(n(-c4c([2H])c([2H])c5c(c4[2H])N(c4c(-c6ccccc6)cc(C(C)(C)C)cc4-c4ccccc4)c4cc(C(C)(C)C)cc6c4C5c4c([2H])c([2H])c(-n5c7c(c8c([2H])c([2H])c([2H])c([2H])c85)-c5c([2H])c([2H])c(-c8ccccc8)c([2H])c5C7)c([2H])c4N6c4c(-c5ccccc5)cc(C(C)(C)C)cc4-c4ccccc4)c4c([2H])c([2H])c([2H])c([2H])c24)C3)c([2H])c1[2H]. The highest BCUT2D eigenvalue weighted by Gasteiger charge is 2.46. The molecule has 2 aromatic heterocycles. The minimum Gasteiger partial charge on any atom is -0.313 e. The highest BCUT2D eigenvalue weighted by atomic mass is 15.2. The van der Waals surface area contributed by atoms with Gasteiger partial charge in [-0.2, -0.15) is 0 Å². The van der Waals surface area contributed by atoms with E-state index in [0.717, 1.165) is 11.1 Å². The molecule has 4 heterocycles. The summed E-state index contributed by atoms with van der Waals surface area (Å²) in [6, 6.07) is 44.5. The lowest BCUT2D eigenvalue weighted by Crippen LogP contribution is -2.31. The molecule has 0 bridgehead atoms. The van der Waals surface area contributed by atoms with E-state index < -0.39 is 178 Å². The van der Waals surface area contributed by atoms with E-state index in [1.807, 2.05) is 164 Å². The molecule has 2 aliphatic heterocycles. The zero-order chi connectivity index (χ0) is 98.1. The van der Waals surface area contributed by atoms with Gasteiger partial charge >= 0.3 is 0 Å². The van der Waals surface area contributed by atoms with E-state index >= 15 is 0 Å². The number of anilines is 6. The normalized spacial score (nSPS) is 17.0. The Morgan fingerprint density at radius 1 is 0.301 bits per heavy atom. The van der Waals surface area contributed by atoms with E-state index in [2.05, 4.69) is 65.8 Å². The number of benzene rings is 15. The smallest absolute Gasteiger partial charge is 0.0667 e. The molecule has 2 aliphatic carbocycles. The fourth-order valence-corrected chi connectivity index (χ4v) is 17.2. The average molecular weight is 1480 g/mol. The predicted octanol–water partition coefficient (Wildman–Crippen LogP) is 29.4. The van der Waals surface area contributed by atoms with E-state index in [1.165, 1.54) is 9.13 Å². The predicted molar refractivity (Wildman–Crippen MR) is 476 cm³/mol.